The van der Waals surface area contributed by atoms with E-state index in [1.54, 1.807) is 6.20 Å². The topological polar surface area (TPSA) is 45.2 Å². The van der Waals surface area contributed by atoms with Gasteiger partial charge in [0.25, 0.3) is 5.91 Å². The fourth-order valence-corrected chi connectivity index (χ4v) is 2.24. The van der Waals surface area contributed by atoms with Crippen molar-refractivity contribution in [3.05, 3.63) is 23.9 Å². The molecular formula is C16H25N3O. The van der Waals surface area contributed by atoms with Crippen LogP contribution in [0, 0.1) is 5.92 Å². The highest BCUT2D eigenvalue weighted by Gasteiger charge is 2.32. The van der Waals surface area contributed by atoms with E-state index in [0.29, 0.717) is 12.0 Å². The molecule has 1 amide bonds. The second kappa shape index (κ2) is 6.73. The second-order valence-electron chi connectivity index (χ2n) is 5.87. The molecule has 1 aliphatic rings. The minimum Gasteiger partial charge on any atom is -0.370 e. The van der Waals surface area contributed by atoms with Crippen molar-refractivity contribution in [2.24, 2.45) is 5.92 Å². The van der Waals surface area contributed by atoms with E-state index in [4.69, 9.17) is 0 Å². The fraction of sp³-hybridized carbons (Fsp3) is 0.625. The van der Waals surface area contributed by atoms with Crippen molar-refractivity contribution in [2.45, 2.75) is 46.1 Å². The van der Waals surface area contributed by atoms with Crippen molar-refractivity contribution in [3.8, 4) is 0 Å². The number of hydrogen-bond acceptors (Lipinski definition) is 3. The first kappa shape index (κ1) is 14.8. The number of carbonyl (C=O) groups excluding carboxylic acids is 1. The van der Waals surface area contributed by atoms with Crippen LogP contribution in [0.2, 0.25) is 0 Å². The van der Waals surface area contributed by atoms with Crippen molar-refractivity contribution in [1.29, 1.82) is 0 Å². The first-order valence-electron chi connectivity index (χ1n) is 7.62. The average molecular weight is 275 g/mol. The van der Waals surface area contributed by atoms with E-state index in [1.165, 1.54) is 0 Å². The number of amides is 1. The molecule has 4 heteroatoms. The summed E-state index contributed by atoms with van der Waals surface area (Å²) in [5.74, 6) is 1.55. The molecule has 110 valence electrons. The molecule has 0 atom stereocenters. The number of hydrogen-bond donors (Lipinski definition) is 1. The van der Waals surface area contributed by atoms with Gasteiger partial charge in [0.2, 0.25) is 0 Å². The maximum absolute atomic E-state index is 12.7. The van der Waals surface area contributed by atoms with Gasteiger partial charge in [-0.05, 0) is 44.2 Å². The molecule has 0 aromatic carbocycles. The van der Waals surface area contributed by atoms with Gasteiger partial charge < -0.3 is 10.2 Å². The van der Waals surface area contributed by atoms with Crippen LogP contribution in [-0.2, 0) is 0 Å². The number of carbonyl (C=O) groups is 1. The summed E-state index contributed by atoms with van der Waals surface area (Å²) < 4.78 is 0. The molecular weight excluding hydrogens is 250 g/mol. The van der Waals surface area contributed by atoms with Gasteiger partial charge in [-0.25, -0.2) is 4.98 Å². The molecule has 1 aromatic rings. The van der Waals surface area contributed by atoms with Gasteiger partial charge in [-0.3, -0.25) is 4.79 Å². The van der Waals surface area contributed by atoms with Crippen molar-refractivity contribution in [1.82, 2.24) is 9.88 Å². The van der Waals surface area contributed by atoms with Crippen LogP contribution in [0.3, 0.4) is 0 Å². The van der Waals surface area contributed by atoms with Gasteiger partial charge >= 0.3 is 0 Å². The van der Waals surface area contributed by atoms with Crippen molar-refractivity contribution >= 4 is 11.7 Å². The van der Waals surface area contributed by atoms with Crippen LogP contribution < -0.4 is 5.32 Å². The Morgan fingerprint density at radius 3 is 2.85 bits per heavy atom. The molecule has 1 heterocycles. The van der Waals surface area contributed by atoms with Crippen LogP contribution in [0.4, 0.5) is 5.82 Å². The summed E-state index contributed by atoms with van der Waals surface area (Å²) in [6.07, 6.45) is 5.07. The molecule has 1 fully saturated rings. The van der Waals surface area contributed by atoms with E-state index < -0.39 is 0 Å². The van der Waals surface area contributed by atoms with E-state index in [9.17, 15) is 4.79 Å². The molecule has 4 nitrogen and oxygen atoms in total. The van der Waals surface area contributed by atoms with Gasteiger partial charge in [-0.2, -0.15) is 0 Å². The molecule has 1 aromatic heterocycles. The van der Waals surface area contributed by atoms with Crippen molar-refractivity contribution in [2.75, 3.05) is 18.4 Å². The first-order valence-corrected chi connectivity index (χ1v) is 7.62. The van der Waals surface area contributed by atoms with Crippen LogP contribution >= 0.6 is 0 Å². The highest BCUT2D eigenvalue weighted by molar-refractivity contribution is 5.95. The highest BCUT2D eigenvalue weighted by Crippen LogP contribution is 2.29. The highest BCUT2D eigenvalue weighted by atomic mass is 16.2. The van der Waals surface area contributed by atoms with E-state index in [1.807, 2.05) is 24.0 Å². The Kier molecular flexibility index (Phi) is 4.99. The van der Waals surface area contributed by atoms with E-state index in [0.717, 1.165) is 43.7 Å². The molecule has 1 aliphatic carbocycles. The second-order valence-corrected chi connectivity index (χ2v) is 5.87. The van der Waals surface area contributed by atoms with Crippen LogP contribution in [0.25, 0.3) is 0 Å². The lowest BCUT2D eigenvalue weighted by Crippen LogP contribution is -2.34. The summed E-state index contributed by atoms with van der Waals surface area (Å²) in [4.78, 5) is 18.9. The predicted octanol–water partition coefficient (Wildman–Crippen LogP) is 3.16. The summed E-state index contributed by atoms with van der Waals surface area (Å²) in [7, 11) is 0. The Hall–Kier alpha value is -1.58. The molecule has 0 saturated heterocycles. The third-order valence-electron chi connectivity index (χ3n) is 3.56. The number of pyridine rings is 1. The minimum absolute atomic E-state index is 0.148. The number of nitrogens with zero attached hydrogens (tertiary/aromatic N) is 2. The zero-order valence-corrected chi connectivity index (χ0v) is 12.7. The van der Waals surface area contributed by atoms with Gasteiger partial charge in [0.1, 0.15) is 5.82 Å². The molecule has 0 radical (unpaired) electrons. The smallest absolute Gasteiger partial charge is 0.254 e. The van der Waals surface area contributed by atoms with Gasteiger partial charge in [0.15, 0.2) is 0 Å². The van der Waals surface area contributed by atoms with Crippen LogP contribution in [0.15, 0.2) is 18.3 Å². The molecule has 1 N–H and O–H groups in total. The molecule has 0 spiro atoms. The Morgan fingerprint density at radius 1 is 1.50 bits per heavy atom. The van der Waals surface area contributed by atoms with Gasteiger partial charge in [-0.15, -0.1) is 0 Å². The summed E-state index contributed by atoms with van der Waals surface area (Å²) >= 11 is 0. The third-order valence-corrected chi connectivity index (χ3v) is 3.56. The number of rotatable bonds is 7. The molecule has 0 bridgehead atoms. The summed E-state index contributed by atoms with van der Waals surface area (Å²) in [6.45, 7) is 8.09. The summed E-state index contributed by atoms with van der Waals surface area (Å²) in [5, 5.41) is 3.15. The Morgan fingerprint density at radius 2 is 2.25 bits per heavy atom. The zero-order chi connectivity index (χ0) is 14.5. The summed E-state index contributed by atoms with van der Waals surface area (Å²) in [6, 6.07) is 4.13. The lowest BCUT2D eigenvalue weighted by atomic mass is 10.1. The molecule has 0 unspecified atom stereocenters. The largest absolute Gasteiger partial charge is 0.370 e. The monoisotopic (exact) mass is 275 g/mol. The quantitative estimate of drug-likeness (QED) is 0.831. The molecule has 2 rings (SSSR count). The lowest BCUT2D eigenvalue weighted by Gasteiger charge is -2.23. The number of nitrogens with one attached hydrogen (secondary N) is 1. The van der Waals surface area contributed by atoms with Crippen molar-refractivity contribution in [3.63, 3.8) is 0 Å². The standard InChI is InChI=1S/C16H25N3O/c1-4-17-15-11-13(7-9-18-15)16(20)19(14-5-6-14)10-8-12(2)3/h7,9,11-12,14H,4-6,8,10H2,1-3H3,(H,17,18). The normalized spacial score (nSPS) is 14.4. The summed E-state index contributed by atoms with van der Waals surface area (Å²) in [5.41, 5.74) is 0.742. The van der Waals surface area contributed by atoms with Gasteiger partial charge in [-0.1, -0.05) is 13.8 Å². The van der Waals surface area contributed by atoms with Gasteiger partial charge in [0, 0.05) is 30.9 Å². The van der Waals surface area contributed by atoms with Gasteiger partial charge in [0.05, 0.1) is 0 Å². The maximum Gasteiger partial charge on any atom is 0.254 e. The Balaban J connectivity index is 2.08. The Labute approximate surface area is 121 Å². The minimum atomic E-state index is 0.148. The van der Waals surface area contributed by atoms with Crippen LogP contribution in [0.1, 0.15) is 50.4 Å². The van der Waals surface area contributed by atoms with E-state index >= 15 is 0 Å². The molecule has 1 saturated carbocycles. The van der Waals surface area contributed by atoms with E-state index in [2.05, 4.69) is 24.1 Å². The molecule has 20 heavy (non-hydrogen) atoms. The predicted molar refractivity (Wildman–Crippen MR) is 81.9 cm³/mol. The third kappa shape index (κ3) is 3.95. The lowest BCUT2D eigenvalue weighted by molar-refractivity contribution is 0.0735. The fourth-order valence-electron chi connectivity index (χ4n) is 2.24. The van der Waals surface area contributed by atoms with E-state index in [-0.39, 0.29) is 5.91 Å². The first-order chi connectivity index (χ1) is 9.61. The average Bonchev–Trinajstić information content (AvgIpc) is 3.24. The number of aromatic nitrogens is 1. The maximum atomic E-state index is 12.7. The van der Waals surface area contributed by atoms with Crippen LogP contribution in [-0.4, -0.2) is 34.9 Å². The zero-order valence-electron chi connectivity index (χ0n) is 12.7. The molecule has 0 aliphatic heterocycles. The van der Waals surface area contributed by atoms with Crippen molar-refractivity contribution < 1.29 is 4.79 Å². The van der Waals surface area contributed by atoms with Crippen LogP contribution in [0.5, 0.6) is 0 Å². The Bertz CT molecular complexity index is 455. The number of anilines is 1. The SMILES string of the molecule is CCNc1cc(C(=O)N(CCC(C)C)C2CC2)ccn1.